The molecule has 0 spiro atoms. The highest BCUT2D eigenvalue weighted by Gasteiger charge is 1.99. The van der Waals surface area contributed by atoms with Crippen molar-refractivity contribution < 1.29 is 4.74 Å². The van der Waals surface area contributed by atoms with Gasteiger partial charge in [-0.3, -0.25) is 9.97 Å². The summed E-state index contributed by atoms with van der Waals surface area (Å²) in [7, 11) is 0. The largest absolute Gasteiger partial charge is 0.487 e. The lowest BCUT2D eigenvalue weighted by Crippen LogP contribution is -2.00. The molecule has 0 fully saturated rings. The van der Waals surface area contributed by atoms with Gasteiger partial charge >= 0.3 is 0 Å². The molecule has 0 aliphatic heterocycles. The molecule has 2 heterocycles. The Kier molecular flexibility index (Phi) is 2.78. The van der Waals surface area contributed by atoms with E-state index in [0.29, 0.717) is 12.3 Å². The van der Waals surface area contributed by atoms with Crippen molar-refractivity contribution in [2.24, 2.45) is 0 Å². The van der Waals surface area contributed by atoms with E-state index in [1.54, 1.807) is 24.8 Å². The summed E-state index contributed by atoms with van der Waals surface area (Å²) in [6.07, 6.45) is 6.67. The summed E-state index contributed by atoms with van der Waals surface area (Å²) in [5.74, 6) is 0.730. The SMILES string of the molecule is Nc1cnccc1COc1cccnc1. The van der Waals surface area contributed by atoms with Gasteiger partial charge in [0, 0.05) is 18.0 Å². The van der Waals surface area contributed by atoms with Crippen molar-refractivity contribution in [3.8, 4) is 5.75 Å². The van der Waals surface area contributed by atoms with Crippen molar-refractivity contribution >= 4 is 5.69 Å². The Morgan fingerprint density at radius 2 is 2.00 bits per heavy atom. The molecule has 0 aliphatic rings. The van der Waals surface area contributed by atoms with Crippen LogP contribution in [0.25, 0.3) is 0 Å². The van der Waals surface area contributed by atoms with E-state index in [1.807, 2.05) is 18.2 Å². The van der Waals surface area contributed by atoms with E-state index in [2.05, 4.69) is 9.97 Å². The third kappa shape index (κ3) is 2.43. The van der Waals surface area contributed by atoms with Crippen LogP contribution in [-0.4, -0.2) is 9.97 Å². The lowest BCUT2D eigenvalue weighted by atomic mass is 10.2. The number of ether oxygens (including phenoxy) is 1. The first-order valence-corrected chi connectivity index (χ1v) is 4.57. The second-order valence-electron chi connectivity index (χ2n) is 3.05. The second-order valence-corrected chi connectivity index (χ2v) is 3.05. The topological polar surface area (TPSA) is 61.0 Å². The number of nitrogens with two attached hydrogens (primary N) is 1. The summed E-state index contributed by atoms with van der Waals surface area (Å²) < 4.78 is 5.50. The van der Waals surface area contributed by atoms with Crippen LogP contribution in [0.15, 0.2) is 43.0 Å². The summed E-state index contributed by atoms with van der Waals surface area (Å²) >= 11 is 0. The maximum absolute atomic E-state index is 5.73. The van der Waals surface area contributed by atoms with Crippen molar-refractivity contribution in [3.05, 3.63) is 48.5 Å². The van der Waals surface area contributed by atoms with E-state index < -0.39 is 0 Å². The zero-order chi connectivity index (χ0) is 10.5. The molecule has 2 N–H and O–H groups in total. The second kappa shape index (κ2) is 4.41. The van der Waals surface area contributed by atoms with Crippen LogP contribution in [0, 0.1) is 0 Å². The molecule has 15 heavy (non-hydrogen) atoms. The molecule has 0 aromatic carbocycles. The average molecular weight is 201 g/mol. The molecule has 2 rings (SSSR count). The van der Waals surface area contributed by atoms with Crippen LogP contribution in [0.4, 0.5) is 5.69 Å². The summed E-state index contributed by atoms with van der Waals surface area (Å²) in [5, 5.41) is 0. The quantitative estimate of drug-likeness (QED) is 0.820. The average Bonchev–Trinajstić information content (AvgIpc) is 2.29. The van der Waals surface area contributed by atoms with Crippen molar-refractivity contribution in [2.45, 2.75) is 6.61 Å². The molecule has 4 heteroatoms. The smallest absolute Gasteiger partial charge is 0.138 e. The summed E-state index contributed by atoms with van der Waals surface area (Å²) in [6, 6.07) is 5.52. The third-order valence-electron chi connectivity index (χ3n) is 1.97. The molecule has 2 aromatic heterocycles. The minimum absolute atomic E-state index is 0.431. The lowest BCUT2D eigenvalue weighted by molar-refractivity contribution is 0.305. The highest BCUT2D eigenvalue weighted by molar-refractivity contribution is 5.43. The number of aromatic nitrogens is 2. The first kappa shape index (κ1) is 9.45. The number of anilines is 1. The van der Waals surface area contributed by atoms with E-state index in [-0.39, 0.29) is 0 Å². The van der Waals surface area contributed by atoms with Crippen molar-refractivity contribution in [1.82, 2.24) is 9.97 Å². The molecule has 0 unspecified atom stereocenters. The van der Waals surface area contributed by atoms with Crippen molar-refractivity contribution in [3.63, 3.8) is 0 Å². The zero-order valence-electron chi connectivity index (χ0n) is 8.13. The molecule has 0 amide bonds. The van der Waals surface area contributed by atoms with Crippen LogP contribution < -0.4 is 10.5 Å². The highest BCUT2D eigenvalue weighted by Crippen LogP contribution is 2.13. The normalized spacial score (nSPS) is 9.87. The first-order valence-electron chi connectivity index (χ1n) is 4.57. The molecule has 2 aromatic rings. The monoisotopic (exact) mass is 201 g/mol. The van der Waals surface area contributed by atoms with Gasteiger partial charge in [0.1, 0.15) is 12.4 Å². The number of hydrogen-bond acceptors (Lipinski definition) is 4. The number of hydrogen-bond donors (Lipinski definition) is 1. The predicted molar refractivity (Wildman–Crippen MR) is 57.2 cm³/mol. The van der Waals surface area contributed by atoms with Gasteiger partial charge in [-0.25, -0.2) is 0 Å². The number of nitrogen functional groups attached to an aromatic ring is 1. The van der Waals surface area contributed by atoms with E-state index in [0.717, 1.165) is 11.3 Å². The summed E-state index contributed by atoms with van der Waals surface area (Å²) in [5.41, 5.74) is 7.29. The van der Waals surface area contributed by atoms with Crippen LogP contribution in [0.2, 0.25) is 0 Å². The summed E-state index contributed by atoms with van der Waals surface area (Å²) in [6.45, 7) is 0.431. The predicted octanol–water partition coefficient (Wildman–Crippen LogP) is 1.64. The molecular formula is C11H11N3O. The number of nitrogens with zero attached hydrogens (tertiary/aromatic N) is 2. The Bertz CT molecular complexity index is 431. The Labute approximate surface area is 87.7 Å². The molecular weight excluding hydrogens is 190 g/mol. The number of rotatable bonds is 3. The fourth-order valence-electron chi connectivity index (χ4n) is 1.16. The molecule has 0 radical (unpaired) electrons. The highest BCUT2D eigenvalue weighted by atomic mass is 16.5. The van der Waals surface area contributed by atoms with Crippen LogP contribution in [0.5, 0.6) is 5.75 Å². The van der Waals surface area contributed by atoms with Gasteiger partial charge in [0.25, 0.3) is 0 Å². The minimum atomic E-state index is 0.431. The van der Waals surface area contributed by atoms with E-state index >= 15 is 0 Å². The maximum atomic E-state index is 5.73. The Morgan fingerprint density at radius 3 is 2.73 bits per heavy atom. The standard InChI is InChI=1S/C11H11N3O/c12-11-7-14-5-3-9(11)8-15-10-2-1-4-13-6-10/h1-7H,8,12H2. The van der Waals surface area contributed by atoms with Gasteiger partial charge in [0.15, 0.2) is 0 Å². The Morgan fingerprint density at radius 1 is 1.13 bits per heavy atom. The molecule has 0 aliphatic carbocycles. The van der Waals surface area contributed by atoms with E-state index in [1.165, 1.54) is 0 Å². The lowest BCUT2D eigenvalue weighted by Gasteiger charge is -2.06. The van der Waals surface area contributed by atoms with Crippen LogP contribution in [0.3, 0.4) is 0 Å². The molecule has 76 valence electrons. The van der Waals surface area contributed by atoms with E-state index in [9.17, 15) is 0 Å². The Hall–Kier alpha value is -2.10. The van der Waals surface area contributed by atoms with Gasteiger partial charge in [-0.1, -0.05) is 0 Å². The fraction of sp³-hybridized carbons (Fsp3) is 0.0909. The van der Waals surface area contributed by atoms with Gasteiger partial charge in [-0.15, -0.1) is 0 Å². The maximum Gasteiger partial charge on any atom is 0.138 e. The molecule has 0 bridgehead atoms. The van der Waals surface area contributed by atoms with Crippen LogP contribution in [-0.2, 0) is 6.61 Å². The van der Waals surface area contributed by atoms with Crippen molar-refractivity contribution in [2.75, 3.05) is 5.73 Å². The van der Waals surface area contributed by atoms with E-state index in [4.69, 9.17) is 10.5 Å². The molecule has 0 saturated carbocycles. The molecule has 0 atom stereocenters. The van der Waals surface area contributed by atoms with Gasteiger partial charge in [0.05, 0.1) is 18.1 Å². The van der Waals surface area contributed by atoms with Crippen molar-refractivity contribution in [1.29, 1.82) is 0 Å². The fourth-order valence-corrected chi connectivity index (χ4v) is 1.16. The minimum Gasteiger partial charge on any atom is -0.487 e. The number of pyridine rings is 2. The van der Waals surface area contributed by atoms with Gasteiger partial charge < -0.3 is 10.5 Å². The van der Waals surface area contributed by atoms with Gasteiger partial charge in [-0.05, 0) is 18.2 Å². The third-order valence-corrected chi connectivity index (χ3v) is 1.97. The molecule has 4 nitrogen and oxygen atoms in total. The summed E-state index contributed by atoms with van der Waals surface area (Å²) in [4.78, 5) is 7.86. The van der Waals surface area contributed by atoms with Crippen LogP contribution >= 0.6 is 0 Å². The zero-order valence-corrected chi connectivity index (χ0v) is 8.13. The van der Waals surface area contributed by atoms with Gasteiger partial charge in [-0.2, -0.15) is 0 Å². The van der Waals surface area contributed by atoms with Crippen LogP contribution in [0.1, 0.15) is 5.56 Å². The first-order chi connectivity index (χ1) is 7.36. The Balaban J connectivity index is 2.03. The van der Waals surface area contributed by atoms with Gasteiger partial charge in [0.2, 0.25) is 0 Å². The molecule has 0 saturated heterocycles.